The Hall–Kier alpha value is -1.14. The highest BCUT2D eigenvalue weighted by molar-refractivity contribution is 5.85. The highest BCUT2D eigenvalue weighted by Gasteiger charge is 2.32. The summed E-state index contributed by atoms with van der Waals surface area (Å²) in [6, 6.07) is 4.51. The first-order chi connectivity index (χ1) is 11.0. The fourth-order valence-corrected chi connectivity index (χ4v) is 3.17. The van der Waals surface area contributed by atoms with Crippen molar-refractivity contribution in [2.75, 3.05) is 19.7 Å². The lowest BCUT2D eigenvalue weighted by Gasteiger charge is -2.28. The number of hydrogen-bond acceptors (Lipinski definition) is 3. The molecule has 1 aromatic carbocycles. The van der Waals surface area contributed by atoms with Gasteiger partial charge in [-0.3, -0.25) is 0 Å². The van der Waals surface area contributed by atoms with Gasteiger partial charge in [-0.15, -0.1) is 25.6 Å². The van der Waals surface area contributed by atoms with Crippen molar-refractivity contribution in [1.29, 1.82) is 0 Å². The predicted octanol–water partition coefficient (Wildman–Crippen LogP) is 4.65. The van der Waals surface area contributed by atoms with Crippen LogP contribution in [-0.2, 0) is 0 Å². The van der Waals surface area contributed by atoms with E-state index in [1.54, 1.807) is 6.07 Å². The molecule has 24 heavy (non-hydrogen) atoms. The molecule has 1 saturated carbocycles. The third-order valence-electron chi connectivity index (χ3n) is 4.70. The Morgan fingerprint density at radius 3 is 2.38 bits per heavy atom. The molecule has 3 nitrogen and oxygen atoms in total. The number of piperidine rings is 1. The second-order valence-electron chi connectivity index (χ2n) is 6.38. The van der Waals surface area contributed by atoms with Gasteiger partial charge in [0.1, 0.15) is 11.5 Å². The molecule has 0 spiro atoms. The lowest BCUT2D eigenvalue weighted by atomic mass is 9.86. The molecule has 2 aliphatic rings. The first kappa shape index (κ1) is 19.2. The number of hydrogen-bond donors (Lipinski definition) is 1. The normalized spacial score (nSPS) is 19.3. The van der Waals surface area contributed by atoms with Crippen molar-refractivity contribution in [3.63, 3.8) is 0 Å². The largest absolute Gasteiger partial charge is 0.573 e. The number of alkyl halides is 3. The highest BCUT2D eigenvalue weighted by atomic mass is 35.5. The summed E-state index contributed by atoms with van der Waals surface area (Å²) in [6.07, 6.45) is 0.759. The van der Waals surface area contributed by atoms with Gasteiger partial charge in [0.15, 0.2) is 0 Å². The van der Waals surface area contributed by atoms with E-state index in [2.05, 4.69) is 10.1 Å². The van der Waals surface area contributed by atoms with Gasteiger partial charge in [0.05, 0.1) is 6.61 Å². The van der Waals surface area contributed by atoms with E-state index in [0.29, 0.717) is 24.2 Å². The Balaban J connectivity index is 0.00000208. The van der Waals surface area contributed by atoms with E-state index < -0.39 is 6.36 Å². The van der Waals surface area contributed by atoms with Crippen LogP contribution < -0.4 is 14.8 Å². The van der Waals surface area contributed by atoms with Gasteiger partial charge in [0.2, 0.25) is 0 Å². The Morgan fingerprint density at radius 2 is 1.79 bits per heavy atom. The van der Waals surface area contributed by atoms with Gasteiger partial charge >= 0.3 is 6.36 Å². The standard InChI is InChI=1S/C17H22F3NO2.ClH/c18-17(19,20)23-14-4-5-15(13-6-8-21-9-7-13)16(10-14)22-11-12-2-1-3-12;/h4-5,10,12-13,21H,1-3,6-9,11H2;1H. The van der Waals surface area contributed by atoms with Crippen LogP contribution in [0.4, 0.5) is 13.2 Å². The summed E-state index contributed by atoms with van der Waals surface area (Å²) in [5.74, 6) is 1.19. The van der Waals surface area contributed by atoms with Crippen molar-refractivity contribution in [2.45, 2.75) is 44.4 Å². The summed E-state index contributed by atoms with van der Waals surface area (Å²) >= 11 is 0. The smallest absolute Gasteiger partial charge is 0.493 e. The summed E-state index contributed by atoms with van der Waals surface area (Å²) in [7, 11) is 0. The van der Waals surface area contributed by atoms with E-state index in [1.807, 2.05) is 0 Å². The van der Waals surface area contributed by atoms with Crippen molar-refractivity contribution in [3.8, 4) is 11.5 Å². The lowest BCUT2D eigenvalue weighted by molar-refractivity contribution is -0.274. The Labute approximate surface area is 146 Å². The van der Waals surface area contributed by atoms with Crippen LogP contribution in [0.1, 0.15) is 43.6 Å². The van der Waals surface area contributed by atoms with Crippen LogP contribution in [0.2, 0.25) is 0 Å². The maximum Gasteiger partial charge on any atom is 0.573 e. The minimum Gasteiger partial charge on any atom is -0.493 e. The van der Waals surface area contributed by atoms with Crippen molar-refractivity contribution < 1.29 is 22.6 Å². The van der Waals surface area contributed by atoms with Crippen LogP contribution >= 0.6 is 12.4 Å². The Bertz CT molecular complexity index is 529. The number of benzene rings is 1. The molecule has 1 heterocycles. The predicted molar refractivity (Wildman–Crippen MR) is 88.1 cm³/mol. The van der Waals surface area contributed by atoms with Gasteiger partial charge in [-0.05, 0) is 62.2 Å². The summed E-state index contributed by atoms with van der Waals surface area (Å²) in [6.45, 7) is 2.43. The maximum atomic E-state index is 12.4. The van der Waals surface area contributed by atoms with Gasteiger partial charge in [0, 0.05) is 6.07 Å². The van der Waals surface area contributed by atoms with E-state index in [-0.39, 0.29) is 18.2 Å². The summed E-state index contributed by atoms with van der Waals surface area (Å²) in [5.41, 5.74) is 1.00. The van der Waals surface area contributed by atoms with Crippen molar-refractivity contribution in [3.05, 3.63) is 23.8 Å². The van der Waals surface area contributed by atoms with Gasteiger partial charge in [-0.1, -0.05) is 12.5 Å². The van der Waals surface area contributed by atoms with Crippen LogP contribution in [0, 0.1) is 5.92 Å². The molecule has 3 rings (SSSR count). The van der Waals surface area contributed by atoms with E-state index in [1.165, 1.54) is 18.6 Å². The topological polar surface area (TPSA) is 30.5 Å². The molecule has 0 atom stereocenters. The zero-order chi connectivity index (χ0) is 16.3. The Kier molecular flexibility index (Phi) is 6.63. The number of halogens is 4. The molecule has 0 radical (unpaired) electrons. The van der Waals surface area contributed by atoms with E-state index in [4.69, 9.17) is 4.74 Å². The molecule has 0 unspecified atom stereocenters. The molecule has 1 aliphatic carbocycles. The molecular formula is C17H23ClF3NO2. The average molecular weight is 366 g/mol. The molecule has 0 aromatic heterocycles. The van der Waals surface area contributed by atoms with Crippen LogP contribution in [0.3, 0.4) is 0 Å². The van der Waals surface area contributed by atoms with E-state index in [9.17, 15) is 13.2 Å². The minimum absolute atomic E-state index is 0. The molecule has 1 N–H and O–H groups in total. The lowest BCUT2D eigenvalue weighted by Crippen LogP contribution is -2.27. The number of ether oxygens (including phenoxy) is 2. The van der Waals surface area contributed by atoms with Crippen LogP contribution in [0.5, 0.6) is 11.5 Å². The van der Waals surface area contributed by atoms with Crippen LogP contribution in [-0.4, -0.2) is 26.1 Å². The third-order valence-corrected chi connectivity index (χ3v) is 4.70. The zero-order valence-electron chi connectivity index (χ0n) is 13.4. The molecule has 7 heteroatoms. The fraction of sp³-hybridized carbons (Fsp3) is 0.647. The second-order valence-corrected chi connectivity index (χ2v) is 6.38. The van der Waals surface area contributed by atoms with Crippen molar-refractivity contribution in [2.24, 2.45) is 5.92 Å². The quantitative estimate of drug-likeness (QED) is 0.823. The molecule has 0 amide bonds. The fourth-order valence-electron chi connectivity index (χ4n) is 3.17. The van der Waals surface area contributed by atoms with E-state index in [0.717, 1.165) is 44.3 Å². The zero-order valence-corrected chi connectivity index (χ0v) is 14.2. The maximum absolute atomic E-state index is 12.4. The molecule has 2 fully saturated rings. The molecule has 136 valence electrons. The van der Waals surface area contributed by atoms with Gasteiger partial charge in [-0.25, -0.2) is 0 Å². The summed E-state index contributed by atoms with van der Waals surface area (Å²) in [4.78, 5) is 0. The number of rotatable bonds is 5. The molecule has 1 aliphatic heterocycles. The van der Waals surface area contributed by atoms with Crippen LogP contribution in [0.15, 0.2) is 18.2 Å². The third kappa shape index (κ3) is 5.18. The molecule has 0 bridgehead atoms. The van der Waals surface area contributed by atoms with E-state index >= 15 is 0 Å². The average Bonchev–Trinajstić information content (AvgIpc) is 2.45. The molecule has 1 saturated heterocycles. The molecule has 1 aromatic rings. The van der Waals surface area contributed by atoms with Crippen molar-refractivity contribution in [1.82, 2.24) is 5.32 Å². The summed E-state index contributed by atoms with van der Waals surface area (Å²) < 4.78 is 47.2. The van der Waals surface area contributed by atoms with Gasteiger partial charge in [-0.2, -0.15) is 0 Å². The SMILES string of the molecule is Cl.FC(F)(F)Oc1ccc(C2CCNCC2)c(OCC2CCC2)c1. The monoisotopic (exact) mass is 365 g/mol. The van der Waals surface area contributed by atoms with Gasteiger partial charge < -0.3 is 14.8 Å². The van der Waals surface area contributed by atoms with Gasteiger partial charge in [0.25, 0.3) is 0 Å². The Morgan fingerprint density at radius 1 is 1.08 bits per heavy atom. The minimum atomic E-state index is -4.68. The first-order valence-electron chi connectivity index (χ1n) is 8.24. The summed E-state index contributed by atoms with van der Waals surface area (Å²) in [5, 5.41) is 3.30. The van der Waals surface area contributed by atoms with Crippen LogP contribution in [0.25, 0.3) is 0 Å². The second kappa shape index (κ2) is 8.30. The molecular weight excluding hydrogens is 343 g/mol. The van der Waals surface area contributed by atoms with Crippen molar-refractivity contribution >= 4 is 12.4 Å². The number of nitrogens with one attached hydrogen (secondary N) is 1. The highest BCUT2D eigenvalue weighted by Crippen LogP contribution is 2.37. The first-order valence-corrected chi connectivity index (χ1v) is 8.24.